The van der Waals surface area contributed by atoms with Crippen molar-refractivity contribution >= 4 is 40.3 Å². The summed E-state index contributed by atoms with van der Waals surface area (Å²) in [5, 5.41) is 2.62. The molecule has 0 aromatic heterocycles. The number of amides is 1. The molecule has 0 spiro atoms. The smallest absolute Gasteiger partial charge is 0.263 e. The molecule has 2 aromatic rings. The molecule has 1 fully saturated rings. The molecule has 0 saturated carbocycles. The molecule has 1 saturated heterocycles. The largest absolute Gasteiger partial charge is 0.493 e. The molecule has 0 aliphatic carbocycles. The van der Waals surface area contributed by atoms with Crippen LogP contribution in [0.4, 0.5) is 0 Å². The number of ether oxygens (including phenoxy) is 2. The molecule has 1 N–H and O–H groups in total. The van der Waals surface area contributed by atoms with E-state index in [-0.39, 0.29) is 5.91 Å². The number of hydrogen-bond acceptors (Lipinski definition) is 5. The third-order valence-corrected chi connectivity index (χ3v) is 5.37. The van der Waals surface area contributed by atoms with Crippen LogP contribution in [0.3, 0.4) is 0 Å². The third kappa shape index (κ3) is 5.11. The number of nitrogens with one attached hydrogen (secondary N) is 1. The second-order valence-corrected chi connectivity index (χ2v) is 7.86. The number of rotatable bonds is 7. The highest BCUT2D eigenvalue weighted by Crippen LogP contribution is 2.29. The molecule has 1 heterocycles. The lowest BCUT2D eigenvalue weighted by Gasteiger charge is -2.12. The maximum Gasteiger partial charge on any atom is 0.263 e. The van der Waals surface area contributed by atoms with Crippen molar-refractivity contribution in [1.29, 1.82) is 0 Å². The maximum atomic E-state index is 11.8. The molecule has 4 nitrogen and oxygen atoms in total. The van der Waals surface area contributed by atoms with Crippen LogP contribution < -0.4 is 14.8 Å². The molecule has 6 heteroatoms. The third-order valence-electron chi connectivity index (χ3n) is 4.21. The number of thioether (sulfide) groups is 1. The lowest BCUT2D eigenvalue weighted by molar-refractivity contribution is -0.115. The van der Waals surface area contributed by atoms with E-state index in [1.807, 2.05) is 36.4 Å². The van der Waals surface area contributed by atoms with Crippen molar-refractivity contribution in [3.05, 3.63) is 64.1 Å². The van der Waals surface area contributed by atoms with Crippen LogP contribution in [0.2, 0.25) is 0 Å². The van der Waals surface area contributed by atoms with E-state index in [0.717, 1.165) is 23.5 Å². The van der Waals surface area contributed by atoms with Gasteiger partial charge < -0.3 is 14.8 Å². The van der Waals surface area contributed by atoms with Gasteiger partial charge in [0.1, 0.15) is 15.8 Å². The van der Waals surface area contributed by atoms with E-state index in [4.69, 9.17) is 21.7 Å². The topological polar surface area (TPSA) is 47.6 Å². The van der Waals surface area contributed by atoms with Gasteiger partial charge in [-0.2, -0.15) is 0 Å². The number of hydrogen-bond donors (Lipinski definition) is 1. The predicted octanol–water partition coefficient (Wildman–Crippen LogP) is 4.64. The fourth-order valence-electron chi connectivity index (χ4n) is 2.60. The zero-order valence-electron chi connectivity index (χ0n) is 15.3. The van der Waals surface area contributed by atoms with Gasteiger partial charge in [-0.1, -0.05) is 54.3 Å². The minimum Gasteiger partial charge on any atom is -0.493 e. The van der Waals surface area contributed by atoms with E-state index >= 15 is 0 Å². The average Bonchev–Trinajstić information content (AvgIpc) is 2.96. The van der Waals surface area contributed by atoms with Crippen molar-refractivity contribution in [1.82, 2.24) is 5.32 Å². The van der Waals surface area contributed by atoms with Gasteiger partial charge >= 0.3 is 0 Å². The first-order valence-electron chi connectivity index (χ1n) is 8.70. The number of para-hydroxylation sites is 1. The Labute approximate surface area is 168 Å². The Morgan fingerprint density at radius 2 is 1.74 bits per heavy atom. The molecule has 1 aliphatic rings. The van der Waals surface area contributed by atoms with Crippen molar-refractivity contribution < 1.29 is 14.3 Å². The molecule has 1 amide bonds. The summed E-state index contributed by atoms with van der Waals surface area (Å²) < 4.78 is 12.2. The van der Waals surface area contributed by atoms with E-state index in [1.165, 1.54) is 22.9 Å². The molecule has 0 unspecified atom stereocenters. The summed E-state index contributed by atoms with van der Waals surface area (Å²) in [6, 6.07) is 13.7. The predicted molar refractivity (Wildman–Crippen MR) is 114 cm³/mol. The number of carbonyl (C=O) groups is 1. The number of thiocarbonyl (C=S) groups is 1. The molecule has 0 bridgehead atoms. The quantitative estimate of drug-likeness (QED) is 0.418. The van der Waals surface area contributed by atoms with Gasteiger partial charge in [-0.25, -0.2) is 0 Å². The standard InChI is InChI=1S/C21H21NO3S2/c1-14-7-5-10-17(15(14)2)24-11-6-12-25-18-9-4-3-8-16(18)13-19-20(23)22-21(26)27-19/h3-5,7-10,13H,6,11-12H2,1-2H3,(H,22,23,26). The second-order valence-electron chi connectivity index (χ2n) is 6.14. The van der Waals surface area contributed by atoms with E-state index in [1.54, 1.807) is 6.08 Å². The monoisotopic (exact) mass is 399 g/mol. The molecule has 0 atom stereocenters. The first kappa shape index (κ1) is 19.5. The Balaban J connectivity index is 1.54. The van der Waals surface area contributed by atoms with E-state index in [2.05, 4.69) is 25.2 Å². The van der Waals surface area contributed by atoms with Gasteiger partial charge in [0.25, 0.3) is 5.91 Å². The molecule has 1 aliphatic heterocycles. The summed E-state index contributed by atoms with van der Waals surface area (Å²) in [4.78, 5) is 12.4. The molecular formula is C21H21NO3S2. The zero-order chi connectivity index (χ0) is 19.2. The average molecular weight is 400 g/mol. The van der Waals surface area contributed by atoms with Crippen molar-refractivity contribution in [2.24, 2.45) is 0 Å². The Hall–Kier alpha value is -2.31. The van der Waals surface area contributed by atoms with Crippen LogP contribution in [0.5, 0.6) is 11.5 Å². The summed E-state index contributed by atoms with van der Waals surface area (Å²) >= 11 is 6.29. The van der Waals surface area contributed by atoms with Gasteiger partial charge in [0, 0.05) is 12.0 Å². The van der Waals surface area contributed by atoms with Crippen LogP contribution in [0.15, 0.2) is 47.4 Å². The fourth-order valence-corrected chi connectivity index (χ4v) is 3.63. The van der Waals surface area contributed by atoms with E-state index in [0.29, 0.717) is 22.4 Å². The van der Waals surface area contributed by atoms with Crippen LogP contribution in [0, 0.1) is 13.8 Å². The highest BCUT2D eigenvalue weighted by atomic mass is 32.2. The van der Waals surface area contributed by atoms with Crippen LogP contribution in [-0.2, 0) is 4.79 Å². The lowest BCUT2D eigenvalue weighted by atomic mass is 10.1. The molecule has 3 rings (SSSR count). The Kier molecular flexibility index (Phi) is 6.53. The van der Waals surface area contributed by atoms with Gasteiger partial charge in [-0.15, -0.1) is 0 Å². The van der Waals surface area contributed by atoms with Crippen LogP contribution >= 0.6 is 24.0 Å². The maximum absolute atomic E-state index is 11.8. The van der Waals surface area contributed by atoms with E-state index in [9.17, 15) is 4.79 Å². The number of benzene rings is 2. The van der Waals surface area contributed by atoms with E-state index < -0.39 is 0 Å². The summed E-state index contributed by atoms with van der Waals surface area (Å²) in [5.74, 6) is 1.49. The van der Waals surface area contributed by atoms with Gasteiger partial charge in [-0.05, 0) is 43.2 Å². The highest BCUT2D eigenvalue weighted by Gasteiger charge is 2.22. The Morgan fingerprint density at radius 1 is 1.04 bits per heavy atom. The van der Waals surface area contributed by atoms with Gasteiger partial charge in [0.2, 0.25) is 0 Å². The Bertz CT molecular complexity index is 893. The highest BCUT2D eigenvalue weighted by molar-refractivity contribution is 8.26. The van der Waals surface area contributed by atoms with Crippen LogP contribution in [0.25, 0.3) is 6.08 Å². The fraction of sp³-hybridized carbons (Fsp3) is 0.238. The SMILES string of the molecule is Cc1cccc(OCCCOc2ccccc2C=C2SC(=S)NC2=O)c1C. The van der Waals surface area contributed by atoms with Gasteiger partial charge in [0.15, 0.2) is 0 Å². The minimum atomic E-state index is -0.165. The van der Waals surface area contributed by atoms with Crippen molar-refractivity contribution in [2.45, 2.75) is 20.3 Å². The summed E-state index contributed by atoms with van der Waals surface area (Å²) in [6.45, 7) is 5.25. The van der Waals surface area contributed by atoms with Crippen LogP contribution in [0.1, 0.15) is 23.1 Å². The van der Waals surface area contributed by atoms with Crippen molar-refractivity contribution in [2.75, 3.05) is 13.2 Å². The minimum absolute atomic E-state index is 0.165. The summed E-state index contributed by atoms with van der Waals surface area (Å²) in [5.41, 5.74) is 3.25. The van der Waals surface area contributed by atoms with Crippen molar-refractivity contribution in [3.8, 4) is 11.5 Å². The molecule has 2 aromatic carbocycles. The Morgan fingerprint density at radius 3 is 2.48 bits per heavy atom. The van der Waals surface area contributed by atoms with Gasteiger partial charge in [0.05, 0.1) is 18.1 Å². The lowest BCUT2D eigenvalue weighted by Crippen LogP contribution is -2.17. The number of aryl methyl sites for hydroxylation is 1. The second kappa shape index (κ2) is 9.06. The van der Waals surface area contributed by atoms with Crippen molar-refractivity contribution in [3.63, 3.8) is 0 Å². The molecule has 0 radical (unpaired) electrons. The summed E-state index contributed by atoms with van der Waals surface area (Å²) in [6.07, 6.45) is 2.57. The molecular weight excluding hydrogens is 378 g/mol. The summed E-state index contributed by atoms with van der Waals surface area (Å²) in [7, 11) is 0. The first-order valence-corrected chi connectivity index (χ1v) is 9.93. The van der Waals surface area contributed by atoms with Crippen LogP contribution in [-0.4, -0.2) is 23.4 Å². The molecule has 27 heavy (non-hydrogen) atoms. The first-order chi connectivity index (χ1) is 13.0. The number of carbonyl (C=O) groups excluding carboxylic acids is 1. The normalized spacial score (nSPS) is 15.1. The molecule has 140 valence electrons. The van der Waals surface area contributed by atoms with Gasteiger partial charge in [-0.3, -0.25) is 4.79 Å². The zero-order valence-corrected chi connectivity index (χ0v) is 16.9.